The van der Waals surface area contributed by atoms with Crippen LogP contribution >= 0.6 is 11.6 Å². The van der Waals surface area contributed by atoms with Gasteiger partial charge in [-0.25, -0.2) is 0 Å². The number of rotatable bonds is 3. The van der Waals surface area contributed by atoms with Crippen LogP contribution in [0.2, 0.25) is 5.02 Å². The Morgan fingerprint density at radius 3 is 2.31 bits per heavy atom. The van der Waals surface area contributed by atoms with Crippen molar-refractivity contribution >= 4 is 35.0 Å². The van der Waals surface area contributed by atoms with Gasteiger partial charge in [-0.1, -0.05) is 31.5 Å². The molecular weight excluding hydrogens is 486 g/mol. The first kappa shape index (κ1) is 26.6. The highest BCUT2D eigenvalue weighted by Gasteiger charge is 2.55. The lowest BCUT2D eigenvalue weighted by Gasteiger charge is -2.50. The van der Waals surface area contributed by atoms with Crippen LogP contribution in [0.15, 0.2) is 23.8 Å². The van der Waals surface area contributed by atoms with Crippen molar-refractivity contribution in [3.05, 3.63) is 39.9 Å². The lowest BCUT2D eigenvalue weighted by molar-refractivity contribution is -0.312. The maximum Gasteiger partial charge on any atom is 0.325 e. The molecule has 0 bridgehead atoms. The molecule has 4 rings (SSSR count). The average molecular weight is 520 g/mol. The number of ether oxygens (including phenoxy) is 3. The number of hydrogen-bond acceptors (Lipinski definition) is 7. The number of Topliss-reactive ketones (excluding diaryl/α,β-unsaturated/α-hetero) is 1. The second-order valence-electron chi connectivity index (χ2n) is 11.7. The molecule has 1 aromatic rings. The number of carbonyl (C=O) groups is 3. The zero-order valence-electron chi connectivity index (χ0n) is 21.5. The lowest BCUT2D eigenvalue weighted by atomic mass is 9.60. The second-order valence-corrected chi connectivity index (χ2v) is 12.2. The predicted molar refractivity (Wildman–Crippen MR) is 133 cm³/mol. The molecule has 3 aliphatic rings. The number of benzene rings is 1. The van der Waals surface area contributed by atoms with Gasteiger partial charge >= 0.3 is 5.97 Å². The molecule has 0 aromatic heterocycles. The summed E-state index contributed by atoms with van der Waals surface area (Å²) < 4.78 is 17.5. The largest absolute Gasteiger partial charge is 0.506 e. The third kappa shape index (κ3) is 5.04. The SMILES string of the molecule is CC1(C)COC2(CCC3(CC2)C(=O)C(C(=O)NCC(=O)OC(C)(C)C)=C(O)c2cc(Cl)ccc23)OC1. The van der Waals surface area contributed by atoms with Crippen molar-refractivity contribution < 1.29 is 33.7 Å². The first-order valence-electron chi connectivity index (χ1n) is 12.2. The first-order chi connectivity index (χ1) is 16.7. The Balaban J connectivity index is 1.62. The van der Waals surface area contributed by atoms with Gasteiger partial charge in [-0.3, -0.25) is 14.4 Å². The molecule has 1 saturated heterocycles. The topological polar surface area (TPSA) is 111 Å². The molecule has 1 saturated carbocycles. The van der Waals surface area contributed by atoms with E-state index >= 15 is 0 Å². The van der Waals surface area contributed by atoms with E-state index in [1.807, 2.05) is 0 Å². The summed E-state index contributed by atoms with van der Waals surface area (Å²) in [5.74, 6) is -3.18. The van der Waals surface area contributed by atoms with Crippen molar-refractivity contribution in [3.63, 3.8) is 0 Å². The molecule has 8 nitrogen and oxygen atoms in total. The molecule has 36 heavy (non-hydrogen) atoms. The van der Waals surface area contributed by atoms with E-state index < -0.39 is 46.8 Å². The molecule has 2 N–H and O–H groups in total. The van der Waals surface area contributed by atoms with Crippen molar-refractivity contribution in [2.45, 2.75) is 77.1 Å². The summed E-state index contributed by atoms with van der Waals surface area (Å²) in [6.45, 7) is 9.97. The zero-order chi connectivity index (χ0) is 26.5. The molecule has 9 heteroatoms. The number of aliphatic hydroxyl groups is 1. The van der Waals surface area contributed by atoms with Crippen LogP contribution < -0.4 is 5.32 Å². The third-order valence-electron chi connectivity index (χ3n) is 7.01. The van der Waals surface area contributed by atoms with Crippen LogP contribution in [0.4, 0.5) is 0 Å². The number of amides is 1. The second kappa shape index (κ2) is 9.15. The van der Waals surface area contributed by atoms with Gasteiger partial charge in [0.25, 0.3) is 5.91 Å². The monoisotopic (exact) mass is 519 g/mol. The van der Waals surface area contributed by atoms with Gasteiger partial charge < -0.3 is 24.6 Å². The van der Waals surface area contributed by atoms with Crippen LogP contribution in [0, 0.1) is 5.41 Å². The highest BCUT2D eigenvalue weighted by Crippen LogP contribution is 2.52. The molecule has 0 unspecified atom stereocenters. The number of fused-ring (bicyclic) bond motifs is 2. The van der Waals surface area contributed by atoms with Gasteiger partial charge in [0.15, 0.2) is 11.6 Å². The molecule has 1 heterocycles. The molecule has 1 aromatic carbocycles. The number of aliphatic hydroxyl groups excluding tert-OH is 1. The van der Waals surface area contributed by atoms with E-state index in [1.54, 1.807) is 39.0 Å². The molecule has 1 amide bonds. The summed E-state index contributed by atoms with van der Waals surface area (Å²) in [5, 5.41) is 13.8. The van der Waals surface area contributed by atoms with Crippen molar-refractivity contribution in [2.75, 3.05) is 19.8 Å². The molecule has 0 radical (unpaired) electrons. The highest BCUT2D eigenvalue weighted by atomic mass is 35.5. The summed E-state index contributed by atoms with van der Waals surface area (Å²) in [7, 11) is 0. The quantitative estimate of drug-likeness (QED) is 0.454. The maximum atomic E-state index is 13.9. The van der Waals surface area contributed by atoms with E-state index in [2.05, 4.69) is 19.2 Å². The molecule has 2 aliphatic carbocycles. The highest BCUT2D eigenvalue weighted by molar-refractivity contribution is 6.32. The van der Waals surface area contributed by atoms with Gasteiger partial charge in [-0.15, -0.1) is 0 Å². The van der Waals surface area contributed by atoms with E-state index in [4.69, 9.17) is 25.8 Å². The van der Waals surface area contributed by atoms with Crippen molar-refractivity contribution in [3.8, 4) is 0 Å². The van der Waals surface area contributed by atoms with Crippen LogP contribution in [0.1, 0.15) is 71.4 Å². The number of esters is 1. The van der Waals surface area contributed by atoms with Gasteiger partial charge in [-0.05, 0) is 51.3 Å². The Morgan fingerprint density at radius 2 is 1.72 bits per heavy atom. The van der Waals surface area contributed by atoms with E-state index in [0.29, 0.717) is 55.0 Å². The number of halogens is 1. The minimum Gasteiger partial charge on any atom is -0.506 e. The van der Waals surface area contributed by atoms with E-state index in [0.717, 1.165) is 0 Å². The zero-order valence-corrected chi connectivity index (χ0v) is 22.2. The summed E-state index contributed by atoms with van der Waals surface area (Å²) in [6.07, 6.45) is 1.67. The molecular formula is C27H34ClNO7. The Bertz CT molecular complexity index is 1110. The molecule has 2 spiro atoms. The van der Waals surface area contributed by atoms with E-state index in [9.17, 15) is 19.5 Å². The van der Waals surface area contributed by atoms with Crippen LogP contribution in [-0.4, -0.2) is 53.9 Å². The van der Waals surface area contributed by atoms with Crippen LogP contribution in [0.5, 0.6) is 0 Å². The number of ketones is 1. The van der Waals surface area contributed by atoms with Crippen LogP contribution in [-0.2, 0) is 34.0 Å². The lowest BCUT2D eigenvalue weighted by Crippen LogP contribution is -2.55. The molecule has 1 aliphatic heterocycles. The average Bonchev–Trinajstić information content (AvgIpc) is 2.79. The van der Waals surface area contributed by atoms with Crippen molar-refractivity contribution in [1.82, 2.24) is 5.32 Å². The Kier molecular flexibility index (Phi) is 6.77. The normalized spacial score (nSPS) is 22.3. The van der Waals surface area contributed by atoms with Gasteiger partial charge in [0.05, 0.1) is 18.6 Å². The first-order valence-corrected chi connectivity index (χ1v) is 12.6. The van der Waals surface area contributed by atoms with Gasteiger partial charge in [0.2, 0.25) is 0 Å². The molecule has 2 fully saturated rings. The Morgan fingerprint density at radius 1 is 1.11 bits per heavy atom. The van der Waals surface area contributed by atoms with Gasteiger partial charge in [0, 0.05) is 28.8 Å². The van der Waals surface area contributed by atoms with Gasteiger partial charge in [-0.2, -0.15) is 0 Å². The van der Waals surface area contributed by atoms with Crippen molar-refractivity contribution in [1.29, 1.82) is 0 Å². The Hall–Kier alpha value is -2.42. The molecule has 0 atom stereocenters. The number of hydrogen-bond donors (Lipinski definition) is 2. The van der Waals surface area contributed by atoms with E-state index in [1.165, 1.54) is 0 Å². The van der Waals surface area contributed by atoms with Gasteiger partial charge in [0.1, 0.15) is 23.5 Å². The van der Waals surface area contributed by atoms with Crippen LogP contribution in [0.3, 0.4) is 0 Å². The summed E-state index contributed by atoms with van der Waals surface area (Å²) in [6, 6.07) is 4.98. The fraction of sp³-hybridized carbons (Fsp3) is 0.593. The number of carbonyl (C=O) groups excluding carboxylic acids is 3. The van der Waals surface area contributed by atoms with Crippen molar-refractivity contribution in [2.24, 2.45) is 5.41 Å². The third-order valence-corrected chi connectivity index (χ3v) is 7.24. The minimum atomic E-state index is -1.05. The smallest absolute Gasteiger partial charge is 0.325 e. The molecule has 196 valence electrons. The number of nitrogens with one attached hydrogen (secondary N) is 1. The standard InChI is InChI=1S/C27H34ClNO7/c1-24(2,3)36-19(30)13-29-23(33)20-21(31)17-12-16(28)6-7-18(17)26(22(20)32)8-10-27(11-9-26)34-14-25(4,5)15-35-27/h6-7,12,31H,8-11,13-15H2,1-5H3,(H,29,33). The fourth-order valence-corrected chi connectivity index (χ4v) is 5.31. The summed E-state index contributed by atoms with van der Waals surface area (Å²) in [4.78, 5) is 39.2. The maximum absolute atomic E-state index is 13.9. The minimum absolute atomic E-state index is 0.0850. The predicted octanol–water partition coefficient (Wildman–Crippen LogP) is 4.23. The summed E-state index contributed by atoms with van der Waals surface area (Å²) in [5.41, 5.74) is -1.26. The summed E-state index contributed by atoms with van der Waals surface area (Å²) >= 11 is 6.22. The fourth-order valence-electron chi connectivity index (χ4n) is 5.14. The van der Waals surface area contributed by atoms with Crippen LogP contribution in [0.25, 0.3) is 5.76 Å². The Labute approximate surface area is 216 Å². The van der Waals surface area contributed by atoms with E-state index in [-0.39, 0.29) is 11.0 Å².